The van der Waals surface area contributed by atoms with E-state index in [-0.39, 0.29) is 5.57 Å². The van der Waals surface area contributed by atoms with Gasteiger partial charge in [-0.2, -0.15) is 5.26 Å². The molecule has 0 aliphatic rings. The van der Waals surface area contributed by atoms with Crippen molar-refractivity contribution in [3.63, 3.8) is 0 Å². The van der Waals surface area contributed by atoms with Crippen LogP contribution < -0.4 is 5.32 Å². The molecule has 0 radical (unpaired) electrons. The monoisotopic (exact) mass is 358 g/mol. The first-order chi connectivity index (χ1) is 11.4. The number of hydrogen-bond acceptors (Lipinski definition) is 2. The van der Waals surface area contributed by atoms with Crippen LogP contribution in [0.5, 0.6) is 0 Å². The Bertz CT molecular complexity index is 818. The standard InChI is InChI=1S/C19H16Cl2N2O/c1-12(2)14-5-3-13(4-6-14)9-15(11-22)19(24)23-18-10-16(20)7-8-17(18)21/h3-10,12H,1-2H3,(H,23,24)/b15-9+. The lowest BCUT2D eigenvalue weighted by Crippen LogP contribution is -2.13. The van der Waals surface area contributed by atoms with Crippen molar-refractivity contribution < 1.29 is 4.79 Å². The fourth-order valence-electron chi connectivity index (χ4n) is 2.08. The lowest BCUT2D eigenvalue weighted by Gasteiger charge is -2.07. The van der Waals surface area contributed by atoms with E-state index in [1.807, 2.05) is 30.3 Å². The lowest BCUT2D eigenvalue weighted by molar-refractivity contribution is -0.112. The molecule has 1 N–H and O–H groups in total. The molecule has 0 aromatic heterocycles. The van der Waals surface area contributed by atoms with Gasteiger partial charge in [0.05, 0.1) is 10.7 Å². The number of carbonyl (C=O) groups excluding carboxylic acids is 1. The minimum atomic E-state index is -0.533. The number of hydrogen-bond donors (Lipinski definition) is 1. The van der Waals surface area contributed by atoms with Gasteiger partial charge in [0.1, 0.15) is 11.6 Å². The topological polar surface area (TPSA) is 52.9 Å². The van der Waals surface area contributed by atoms with Gasteiger partial charge in [0.25, 0.3) is 5.91 Å². The summed E-state index contributed by atoms with van der Waals surface area (Å²) in [6, 6.07) is 14.4. The molecule has 24 heavy (non-hydrogen) atoms. The highest BCUT2D eigenvalue weighted by atomic mass is 35.5. The number of amides is 1. The van der Waals surface area contributed by atoms with E-state index in [0.29, 0.717) is 21.7 Å². The second-order valence-corrected chi connectivity index (χ2v) is 6.41. The van der Waals surface area contributed by atoms with Gasteiger partial charge in [-0.3, -0.25) is 4.79 Å². The zero-order valence-corrected chi connectivity index (χ0v) is 14.8. The van der Waals surface area contributed by atoms with Gasteiger partial charge in [-0.05, 0) is 41.3 Å². The molecule has 2 aromatic rings. The van der Waals surface area contributed by atoms with Crippen molar-refractivity contribution in [3.05, 3.63) is 69.2 Å². The molecule has 0 saturated heterocycles. The van der Waals surface area contributed by atoms with Gasteiger partial charge in [0.2, 0.25) is 0 Å². The normalized spacial score (nSPS) is 11.2. The highest BCUT2D eigenvalue weighted by Crippen LogP contribution is 2.26. The Morgan fingerprint density at radius 2 is 1.83 bits per heavy atom. The minimum Gasteiger partial charge on any atom is -0.320 e. The molecule has 0 fully saturated rings. The van der Waals surface area contributed by atoms with E-state index in [0.717, 1.165) is 5.56 Å². The number of rotatable bonds is 4. The van der Waals surface area contributed by atoms with E-state index in [1.54, 1.807) is 12.1 Å². The number of nitriles is 1. The predicted molar refractivity (Wildman–Crippen MR) is 99.2 cm³/mol. The number of halogens is 2. The second-order valence-electron chi connectivity index (χ2n) is 5.57. The number of benzene rings is 2. The molecule has 2 aromatic carbocycles. The van der Waals surface area contributed by atoms with Crippen LogP contribution >= 0.6 is 23.2 Å². The molecule has 0 aliphatic heterocycles. The summed E-state index contributed by atoms with van der Waals surface area (Å²) in [6.07, 6.45) is 1.54. The third-order valence-corrected chi connectivity index (χ3v) is 4.02. The number of nitrogens with zero attached hydrogens (tertiary/aromatic N) is 1. The third kappa shape index (κ3) is 4.61. The van der Waals surface area contributed by atoms with Crippen molar-refractivity contribution in [3.8, 4) is 6.07 Å². The molecule has 0 unspecified atom stereocenters. The van der Waals surface area contributed by atoms with Crippen LogP contribution in [0.2, 0.25) is 10.0 Å². The Hall–Kier alpha value is -2.28. The van der Waals surface area contributed by atoms with Gasteiger partial charge >= 0.3 is 0 Å². The Morgan fingerprint density at radius 3 is 2.42 bits per heavy atom. The van der Waals surface area contributed by atoms with Crippen molar-refractivity contribution in [2.24, 2.45) is 0 Å². The Labute approximate surface area is 151 Å². The smallest absolute Gasteiger partial charge is 0.266 e. The van der Waals surface area contributed by atoms with Crippen LogP contribution in [0.4, 0.5) is 5.69 Å². The molecule has 3 nitrogen and oxygen atoms in total. The van der Waals surface area contributed by atoms with E-state index in [9.17, 15) is 10.1 Å². The SMILES string of the molecule is CC(C)c1ccc(/C=C(\C#N)C(=O)Nc2cc(Cl)ccc2Cl)cc1. The van der Waals surface area contributed by atoms with E-state index < -0.39 is 5.91 Å². The minimum absolute atomic E-state index is 0.0108. The van der Waals surface area contributed by atoms with Crippen LogP contribution in [-0.4, -0.2) is 5.91 Å². The van der Waals surface area contributed by atoms with E-state index in [2.05, 4.69) is 19.2 Å². The van der Waals surface area contributed by atoms with Crippen molar-refractivity contribution in [1.29, 1.82) is 5.26 Å². The zero-order chi connectivity index (χ0) is 17.7. The van der Waals surface area contributed by atoms with Crippen LogP contribution in [0, 0.1) is 11.3 Å². The van der Waals surface area contributed by atoms with E-state index >= 15 is 0 Å². The fraction of sp³-hybridized carbons (Fsp3) is 0.158. The largest absolute Gasteiger partial charge is 0.320 e. The summed E-state index contributed by atoms with van der Waals surface area (Å²) in [5.41, 5.74) is 2.33. The summed E-state index contributed by atoms with van der Waals surface area (Å²) in [4.78, 5) is 12.3. The lowest BCUT2D eigenvalue weighted by atomic mass is 10.0. The molecule has 0 bridgehead atoms. The first-order valence-corrected chi connectivity index (χ1v) is 8.14. The average molecular weight is 359 g/mol. The van der Waals surface area contributed by atoms with Crippen molar-refractivity contribution >= 4 is 40.9 Å². The molecule has 122 valence electrons. The fourth-order valence-corrected chi connectivity index (χ4v) is 2.41. The summed E-state index contributed by atoms with van der Waals surface area (Å²) < 4.78 is 0. The summed E-state index contributed by atoms with van der Waals surface area (Å²) in [5.74, 6) is -0.110. The molecule has 2 rings (SSSR count). The van der Waals surface area contributed by atoms with Crippen LogP contribution in [0.1, 0.15) is 30.9 Å². The Balaban J connectivity index is 2.22. The third-order valence-electron chi connectivity index (χ3n) is 3.46. The average Bonchev–Trinajstić information content (AvgIpc) is 2.56. The van der Waals surface area contributed by atoms with Crippen LogP contribution in [0.15, 0.2) is 48.0 Å². The van der Waals surface area contributed by atoms with E-state index in [1.165, 1.54) is 17.7 Å². The Morgan fingerprint density at radius 1 is 1.17 bits per heavy atom. The van der Waals surface area contributed by atoms with Gasteiger partial charge in [-0.15, -0.1) is 0 Å². The maximum atomic E-state index is 12.3. The van der Waals surface area contributed by atoms with Crippen LogP contribution in [0.3, 0.4) is 0 Å². The second kappa shape index (κ2) is 8.01. The van der Waals surface area contributed by atoms with E-state index in [4.69, 9.17) is 23.2 Å². The van der Waals surface area contributed by atoms with Gasteiger partial charge in [0, 0.05) is 5.02 Å². The predicted octanol–water partition coefficient (Wildman–Crippen LogP) is 5.66. The molecular weight excluding hydrogens is 343 g/mol. The highest BCUT2D eigenvalue weighted by molar-refractivity contribution is 6.36. The molecule has 5 heteroatoms. The number of anilines is 1. The van der Waals surface area contributed by atoms with Crippen LogP contribution in [0.25, 0.3) is 6.08 Å². The van der Waals surface area contributed by atoms with Crippen molar-refractivity contribution in [2.45, 2.75) is 19.8 Å². The highest BCUT2D eigenvalue weighted by Gasteiger charge is 2.12. The van der Waals surface area contributed by atoms with Crippen molar-refractivity contribution in [1.82, 2.24) is 0 Å². The van der Waals surface area contributed by atoms with Crippen LogP contribution in [-0.2, 0) is 4.79 Å². The van der Waals surface area contributed by atoms with Gasteiger partial charge in [0.15, 0.2) is 0 Å². The zero-order valence-electron chi connectivity index (χ0n) is 13.3. The number of nitrogens with one attached hydrogen (secondary N) is 1. The molecule has 0 saturated carbocycles. The Kier molecular flexibility index (Phi) is 6.03. The molecule has 0 aliphatic carbocycles. The first kappa shape index (κ1) is 18.1. The van der Waals surface area contributed by atoms with Crippen molar-refractivity contribution in [2.75, 3.05) is 5.32 Å². The quantitative estimate of drug-likeness (QED) is 0.565. The molecule has 0 heterocycles. The first-order valence-electron chi connectivity index (χ1n) is 7.39. The maximum Gasteiger partial charge on any atom is 0.266 e. The molecular formula is C19H16Cl2N2O. The molecule has 1 amide bonds. The summed E-state index contributed by atoms with van der Waals surface area (Å²) in [6.45, 7) is 4.21. The molecule has 0 atom stereocenters. The van der Waals surface area contributed by atoms with Gasteiger partial charge in [-0.25, -0.2) is 0 Å². The summed E-state index contributed by atoms with van der Waals surface area (Å²) in [7, 11) is 0. The maximum absolute atomic E-state index is 12.3. The van der Waals surface area contributed by atoms with Gasteiger partial charge < -0.3 is 5.32 Å². The number of carbonyl (C=O) groups is 1. The molecule has 0 spiro atoms. The summed E-state index contributed by atoms with van der Waals surface area (Å²) in [5, 5.41) is 12.7. The van der Waals surface area contributed by atoms with Gasteiger partial charge in [-0.1, -0.05) is 61.3 Å². The summed E-state index contributed by atoms with van der Waals surface area (Å²) >= 11 is 11.9.